The second kappa shape index (κ2) is 10.8. The minimum Gasteiger partial charge on any atom is -0.345 e. The molecular weight excluding hydrogens is 393 g/mol. The fourth-order valence-corrected chi connectivity index (χ4v) is 3.62. The molecule has 1 aliphatic heterocycles. The summed E-state index contributed by atoms with van der Waals surface area (Å²) in [5.74, 6) is 0.578. The molecule has 2 heterocycles. The molecule has 0 unspecified atom stereocenters. The summed E-state index contributed by atoms with van der Waals surface area (Å²) in [5.41, 5.74) is 3.99. The number of nitrogens with zero attached hydrogens (tertiary/aromatic N) is 3. The van der Waals surface area contributed by atoms with Gasteiger partial charge in [0, 0.05) is 49.1 Å². The number of hydrogen-bond donors (Lipinski definition) is 0. The van der Waals surface area contributed by atoms with E-state index in [1.807, 2.05) is 30.5 Å². The maximum atomic E-state index is 12.2. The van der Waals surface area contributed by atoms with Crippen molar-refractivity contribution in [1.82, 2.24) is 14.8 Å². The number of carbonyl (C=O) groups excluding carboxylic acids is 1. The lowest BCUT2D eigenvalue weighted by Gasteiger charge is -2.34. The van der Waals surface area contributed by atoms with E-state index in [4.69, 9.17) is 4.98 Å². The molecule has 0 spiro atoms. The summed E-state index contributed by atoms with van der Waals surface area (Å²) < 4.78 is 0. The molecule has 0 saturated carbocycles. The fraction of sp³-hybridized carbons (Fsp3) is 0.455. The zero-order chi connectivity index (χ0) is 18.7. The highest BCUT2D eigenvalue weighted by atomic mass is 35.5. The Morgan fingerprint density at radius 3 is 2.29 bits per heavy atom. The number of halogens is 2. The molecule has 1 aliphatic rings. The molecule has 1 aromatic carbocycles. The van der Waals surface area contributed by atoms with Gasteiger partial charge in [0.15, 0.2) is 0 Å². The molecule has 1 saturated heterocycles. The first-order valence-electron chi connectivity index (χ1n) is 9.48. The lowest BCUT2D eigenvalue weighted by Crippen LogP contribution is -2.37. The molecule has 0 aliphatic carbocycles. The number of hydrogen-bond acceptors (Lipinski definition) is 3. The van der Waals surface area contributed by atoms with Gasteiger partial charge in [-0.25, -0.2) is 0 Å². The monoisotopic (exact) mass is 423 g/mol. The summed E-state index contributed by atoms with van der Waals surface area (Å²) in [5, 5.41) is 0. The third-order valence-electron chi connectivity index (χ3n) is 5.31. The Labute approximate surface area is 181 Å². The van der Waals surface area contributed by atoms with Crippen molar-refractivity contribution >= 4 is 30.7 Å². The van der Waals surface area contributed by atoms with Crippen LogP contribution in [0.25, 0.3) is 11.1 Å². The summed E-state index contributed by atoms with van der Waals surface area (Å²) in [6.07, 6.45) is 4.30. The van der Waals surface area contributed by atoms with Crippen molar-refractivity contribution in [3.63, 3.8) is 0 Å². The summed E-state index contributed by atoms with van der Waals surface area (Å²) in [6, 6.07) is 12.7. The smallest absolute Gasteiger partial charge is 0.253 e. The van der Waals surface area contributed by atoms with Crippen LogP contribution in [0.1, 0.15) is 48.7 Å². The first-order valence-corrected chi connectivity index (χ1v) is 9.48. The van der Waals surface area contributed by atoms with Gasteiger partial charge < -0.3 is 9.80 Å². The van der Waals surface area contributed by atoms with Crippen LogP contribution in [0.3, 0.4) is 0 Å². The Hall–Kier alpha value is -1.62. The van der Waals surface area contributed by atoms with Gasteiger partial charge in [0.2, 0.25) is 0 Å². The van der Waals surface area contributed by atoms with Gasteiger partial charge in [-0.1, -0.05) is 18.2 Å². The number of likely N-dealkylation sites (tertiary alicyclic amines) is 1. The topological polar surface area (TPSA) is 36.4 Å². The van der Waals surface area contributed by atoms with Crippen molar-refractivity contribution in [3.8, 4) is 11.1 Å². The van der Waals surface area contributed by atoms with E-state index in [0.717, 1.165) is 24.2 Å². The van der Waals surface area contributed by atoms with Crippen LogP contribution >= 0.6 is 24.8 Å². The molecule has 1 amide bonds. The minimum absolute atomic E-state index is 0. The van der Waals surface area contributed by atoms with Gasteiger partial charge in [0.1, 0.15) is 0 Å². The third-order valence-corrected chi connectivity index (χ3v) is 5.31. The van der Waals surface area contributed by atoms with Crippen LogP contribution in [0.4, 0.5) is 0 Å². The molecule has 1 fully saturated rings. The predicted octanol–water partition coefficient (Wildman–Crippen LogP) is 4.88. The van der Waals surface area contributed by atoms with Gasteiger partial charge in [-0.05, 0) is 63.5 Å². The van der Waals surface area contributed by atoms with E-state index in [2.05, 4.69) is 30.9 Å². The van der Waals surface area contributed by atoms with E-state index in [1.165, 1.54) is 18.5 Å². The molecular formula is C22H31Cl2N3O. The number of piperidine rings is 1. The highest BCUT2D eigenvalue weighted by Crippen LogP contribution is 2.29. The highest BCUT2D eigenvalue weighted by molar-refractivity contribution is 5.95. The van der Waals surface area contributed by atoms with Crippen molar-refractivity contribution < 1.29 is 4.79 Å². The lowest BCUT2D eigenvalue weighted by atomic mass is 9.92. The average Bonchev–Trinajstić information content (AvgIpc) is 2.67. The van der Waals surface area contributed by atoms with Crippen LogP contribution in [-0.2, 0) is 0 Å². The van der Waals surface area contributed by atoms with Crippen molar-refractivity contribution in [2.75, 3.05) is 27.2 Å². The van der Waals surface area contributed by atoms with E-state index < -0.39 is 0 Å². The van der Waals surface area contributed by atoms with Crippen LogP contribution in [0, 0.1) is 0 Å². The maximum Gasteiger partial charge on any atom is 0.253 e. The minimum atomic E-state index is 0. The molecule has 0 atom stereocenters. The number of aromatic nitrogens is 1. The summed E-state index contributed by atoms with van der Waals surface area (Å²) in [6.45, 7) is 6.84. The van der Waals surface area contributed by atoms with Gasteiger partial charge in [0.25, 0.3) is 5.91 Å². The number of rotatable bonds is 4. The standard InChI is InChI=1S/C22H29N3O.2ClH/c1-16(2)25-12-10-17(11-13-25)21-9-8-20(15-23-21)18-6-5-7-19(14-18)22(26)24(3)4;;/h5-9,14-17H,10-13H2,1-4H3;2*1H. The van der Waals surface area contributed by atoms with Gasteiger partial charge in [0.05, 0.1) is 0 Å². The molecule has 1 aromatic heterocycles. The van der Waals surface area contributed by atoms with E-state index >= 15 is 0 Å². The molecule has 4 nitrogen and oxygen atoms in total. The van der Waals surface area contributed by atoms with Crippen LogP contribution in [0.5, 0.6) is 0 Å². The molecule has 0 bridgehead atoms. The molecule has 0 N–H and O–H groups in total. The fourth-order valence-electron chi connectivity index (χ4n) is 3.62. The van der Waals surface area contributed by atoms with Crippen LogP contribution in [-0.4, -0.2) is 53.9 Å². The molecule has 6 heteroatoms. The van der Waals surface area contributed by atoms with Gasteiger partial charge in [-0.15, -0.1) is 24.8 Å². The van der Waals surface area contributed by atoms with Crippen molar-refractivity contribution in [3.05, 3.63) is 53.9 Å². The van der Waals surface area contributed by atoms with Crippen LogP contribution in [0.15, 0.2) is 42.6 Å². The Morgan fingerprint density at radius 2 is 1.75 bits per heavy atom. The molecule has 28 heavy (non-hydrogen) atoms. The van der Waals surface area contributed by atoms with Gasteiger partial charge in [-0.2, -0.15) is 0 Å². The van der Waals surface area contributed by atoms with E-state index in [9.17, 15) is 4.79 Å². The Kier molecular flexibility index (Phi) is 9.42. The lowest BCUT2D eigenvalue weighted by molar-refractivity contribution is 0.0827. The number of pyridine rings is 1. The van der Waals surface area contributed by atoms with Crippen molar-refractivity contribution in [1.29, 1.82) is 0 Å². The highest BCUT2D eigenvalue weighted by Gasteiger charge is 2.22. The van der Waals surface area contributed by atoms with Crippen LogP contribution < -0.4 is 0 Å². The quantitative estimate of drug-likeness (QED) is 0.702. The average molecular weight is 424 g/mol. The number of amides is 1. The predicted molar refractivity (Wildman–Crippen MR) is 121 cm³/mol. The zero-order valence-electron chi connectivity index (χ0n) is 17.1. The molecule has 3 rings (SSSR count). The van der Waals surface area contributed by atoms with E-state index in [0.29, 0.717) is 17.5 Å². The first kappa shape index (κ1) is 24.4. The molecule has 2 aromatic rings. The first-order chi connectivity index (χ1) is 12.5. The zero-order valence-corrected chi connectivity index (χ0v) is 18.7. The maximum absolute atomic E-state index is 12.2. The van der Waals surface area contributed by atoms with Crippen molar-refractivity contribution in [2.45, 2.75) is 38.6 Å². The second-order valence-corrected chi connectivity index (χ2v) is 7.66. The van der Waals surface area contributed by atoms with Crippen molar-refractivity contribution in [2.24, 2.45) is 0 Å². The van der Waals surface area contributed by atoms with E-state index in [1.54, 1.807) is 19.0 Å². The summed E-state index contributed by atoms with van der Waals surface area (Å²) in [7, 11) is 3.55. The summed E-state index contributed by atoms with van der Waals surface area (Å²) in [4.78, 5) is 21.1. The number of benzene rings is 1. The van der Waals surface area contributed by atoms with E-state index in [-0.39, 0.29) is 30.7 Å². The van der Waals surface area contributed by atoms with Gasteiger partial charge >= 0.3 is 0 Å². The number of carbonyl (C=O) groups is 1. The van der Waals surface area contributed by atoms with Gasteiger partial charge in [-0.3, -0.25) is 9.78 Å². The SMILES string of the molecule is CC(C)N1CCC(c2ccc(-c3cccc(C(=O)N(C)C)c3)cn2)CC1.Cl.Cl. The second-order valence-electron chi connectivity index (χ2n) is 7.66. The molecule has 0 radical (unpaired) electrons. The third kappa shape index (κ3) is 5.69. The van der Waals surface area contributed by atoms with Crippen LogP contribution in [0.2, 0.25) is 0 Å². The Bertz CT molecular complexity index is 755. The Morgan fingerprint density at radius 1 is 1.07 bits per heavy atom. The molecule has 154 valence electrons. The Balaban J connectivity index is 0.00000196. The normalized spacial score (nSPS) is 14.9. The largest absolute Gasteiger partial charge is 0.345 e. The summed E-state index contributed by atoms with van der Waals surface area (Å²) >= 11 is 0.